The van der Waals surface area contributed by atoms with Crippen molar-refractivity contribution in [3.8, 4) is 11.5 Å². The number of hydrogen-bond donors (Lipinski definition) is 0. The summed E-state index contributed by atoms with van der Waals surface area (Å²) < 4.78 is 28.9. The number of nitro benzene ring substituents is 1. The lowest BCUT2D eigenvalue weighted by atomic mass is 10.1. The molecule has 2 aromatic carbocycles. The highest BCUT2D eigenvalue weighted by Crippen LogP contribution is 2.38. The van der Waals surface area contributed by atoms with E-state index in [1.165, 1.54) is 37.3 Å². The zero-order valence-corrected chi connectivity index (χ0v) is 14.2. The van der Waals surface area contributed by atoms with Gasteiger partial charge in [-0.2, -0.15) is 0 Å². The molecule has 0 bridgehead atoms. The Morgan fingerprint density at radius 2 is 1.88 bits per heavy atom. The molecule has 2 rings (SSSR count). The van der Waals surface area contributed by atoms with E-state index in [2.05, 4.69) is 0 Å². The molecular formula is C15H12ClNO6S. The molecular weight excluding hydrogens is 358 g/mol. The van der Waals surface area contributed by atoms with Crippen LogP contribution in [0.2, 0.25) is 5.02 Å². The van der Waals surface area contributed by atoms with Gasteiger partial charge in [-0.1, -0.05) is 17.7 Å². The standard InChI is InChI=1S/C15H12ClNO6S/c1-9(18)10-6-7-12(11(16)8-10)23-13-4-3-5-14(24(2,21)22)15(13)17(19)20/h3-8H,1-2H3. The number of hydrogen-bond acceptors (Lipinski definition) is 6. The van der Waals surface area contributed by atoms with Gasteiger partial charge in [-0.05, 0) is 37.3 Å². The average Bonchev–Trinajstić information content (AvgIpc) is 2.47. The van der Waals surface area contributed by atoms with Crippen LogP contribution in [0.3, 0.4) is 0 Å². The van der Waals surface area contributed by atoms with Gasteiger partial charge in [-0.25, -0.2) is 8.42 Å². The molecule has 0 saturated carbocycles. The molecule has 0 heterocycles. The number of sulfone groups is 1. The fourth-order valence-corrected chi connectivity index (χ4v) is 3.06. The minimum absolute atomic E-state index is 0.0652. The number of para-hydroxylation sites is 1. The second kappa shape index (κ2) is 6.58. The lowest BCUT2D eigenvalue weighted by Gasteiger charge is -2.10. The number of benzene rings is 2. The third kappa shape index (κ3) is 3.72. The molecule has 24 heavy (non-hydrogen) atoms. The first-order valence-corrected chi connectivity index (χ1v) is 8.84. The van der Waals surface area contributed by atoms with Gasteiger partial charge in [-0.15, -0.1) is 0 Å². The molecule has 0 spiro atoms. The normalized spacial score (nSPS) is 11.1. The molecule has 9 heteroatoms. The fraction of sp³-hybridized carbons (Fsp3) is 0.133. The summed E-state index contributed by atoms with van der Waals surface area (Å²) in [5, 5.41) is 11.4. The van der Waals surface area contributed by atoms with E-state index in [1.54, 1.807) is 0 Å². The van der Waals surface area contributed by atoms with E-state index in [9.17, 15) is 23.3 Å². The van der Waals surface area contributed by atoms with E-state index >= 15 is 0 Å². The van der Waals surface area contributed by atoms with Gasteiger partial charge in [-0.3, -0.25) is 14.9 Å². The first kappa shape index (κ1) is 17.9. The third-order valence-corrected chi connectivity index (χ3v) is 4.53. The van der Waals surface area contributed by atoms with Crippen molar-refractivity contribution in [2.24, 2.45) is 0 Å². The second-order valence-corrected chi connectivity index (χ2v) is 7.33. The van der Waals surface area contributed by atoms with Gasteiger partial charge < -0.3 is 4.74 Å². The SMILES string of the molecule is CC(=O)c1ccc(Oc2cccc(S(C)(=O)=O)c2[N+](=O)[O-])c(Cl)c1. The minimum atomic E-state index is -3.82. The smallest absolute Gasteiger partial charge is 0.330 e. The van der Waals surface area contributed by atoms with Crippen molar-refractivity contribution in [1.82, 2.24) is 0 Å². The summed E-state index contributed by atoms with van der Waals surface area (Å²) in [5.74, 6) is -0.399. The molecule has 0 unspecified atom stereocenters. The highest BCUT2D eigenvalue weighted by Gasteiger charge is 2.27. The van der Waals surface area contributed by atoms with Gasteiger partial charge in [0.25, 0.3) is 0 Å². The van der Waals surface area contributed by atoms with Crippen LogP contribution in [0.5, 0.6) is 11.5 Å². The minimum Gasteiger partial charge on any atom is -0.449 e. The summed E-state index contributed by atoms with van der Waals surface area (Å²) in [4.78, 5) is 21.3. The number of carbonyl (C=O) groups is 1. The number of rotatable bonds is 5. The van der Waals surface area contributed by atoms with Crippen LogP contribution in [0.1, 0.15) is 17.3 Å². The largest absolute Gasteiger partial charge is 0.449 e. The third-order valence-electron chi connectivity index (χ3n) is 3.10. The van der Waals surface area contributed by atoms with Crippen molar-refractivity contribution in [3.63, 3.8) is 0 Å². The van der Waals surface area contributed by atoms with Gasteiger partial charge >= 0.3 is 5.69 Å². The number of nitrogens with zero attached hydrogens (tertiary/aromatic N) is 1. The van der Waals surface area contributed by atoms with E-state index < -0.39 is 25.3 Å². The van der Waals surface area contributed by atoms with Crippen LogP contribution >= 0.6 is 11.6 Å². The number of halogens is 1. The Balaban J connectivity index is 2.55. The molecule has 0 radical (unpaired) electrons. The van der Waals surface area contributed by atoms with Crippen molar-refractivity contribution in [3.05, 3.63) is 57.1 Å². The van der Waals surface area contributed by atoms with Crippen LogP contribution in [0.25, 0.3) is 0 Å². The van der Waals surface area contributed by atoms with Crippen molar-refractivity contribution < 1.29 is 22.9 Å². The molecule has 7 nitrogen and oxygen atoms in total. The lowest BCUT2D eigenvalue weighted by molar-refractivity contribution is -0.388. The van der Waals surface area contributed by atoms with Gasteiger partial charge in [0.2, 0.25) is 5.75 Å². The van der Waals surface area contributed by atoms with Gasteiger partial charge in [0.15, 0.2) is 15.6 Å². The lowest BCUT2D eigenvalue weighted by Crippen LogP contribution is -2.04. The molecule has 0 aliphatic carbocycles. The number of ketones is 1. The van der Waals surface area contributed by atoms with Gasteiger partial charge in [0, 0.05) is 11.8 Å². The molecule has 0 fully saturated rings. The first-order chi connectivity index (χ1) is 11.1. The fourth-order valence-electron chi connectivity index (χ4n) is 1.98. The van der Waals surface area contributed by atoms with Crippen LogP contribution in [-0.2, 0) is 9.84 Å². The molecule has 126 valence electrons. The zero-order valence-electron chi connectivity index (χ0n) is 12.6. The summed E-state index contributed by atoms with van der Waals surface area (Å²) in [7, 11) is -3.82. The Morgan fingerprint density at radius 3 is 2.38 bits per heavy atom. The van der Waals surface area contributed by atoms with Crippen molar-refractivity contribution >= 4 is 32.9 Å². The molecule has 2 aromatic rings. The van der Waals surface area contributed by atoms with Crippen molar-refractivity contribution in [2.75, 3.05) is 6.26 Å². The van der Waals surface area contributed by atoms with E-state index in [4.69, 9.17) is 16.3 Å². The number of carbonyl (C=O) groups excluding carboxylic acids is 1. The number of nitro groups is 1. The Morgan fingerprint density at radius 1 is 1.21 bits per heavy atom. The highest BCUT2D eigenvalue weighted by molar-refractivity contribution is 7.90. The van der Waals surface area contributed by atoms with Gasteiger partial charge in [0.05, 0.1) is 9.95 Å². The Labute approximate surface area is 142 Å². The second-order valence-electron chi connectivity index (χ2n) is 4.94. The summed E-state index contributed by atoms with van der Waals surface area (Å²) in [5.41, 5.74) is -0.321. The molecule has 0 amide bonds. The maximum atomic E-state index is 11.7. The van der Waals surface area contributed by atoms with Crippen molar-refractivity contribution in [1.29, 1.82) is 0 Å². The topological polar surface area (TPSA) is 104 Å². The quantitative estimate of drug-likeness (QED) is 0.452. The predicted molar refractivity (Wildman–Crippen MR) is 87.7 cm³/mol. The first-order valence-electron chi connectivity index (χ1n) is 6.57. The monoisotopic (exact) mass is 369 g/mol. The molecule has 0 aromatic heterocycles. The number of ether oxygens (including phenoxy) is 1. The van der Waals surface area contributed by atoms with E-state index in [-0.39, 0.29) is 22.3 Å². The summed E-state index contributed by atoms with van der Waals surface area (Å²) >= 11 is 6.02. The Hall–Kier alpha value is -2.45. The zero-order chi connectivity index (χ0) is 18.1. The maximum absolute atomic E-state index is 11.7. The van der Waals surface area contributed by atoms with Crippen LogP contribution in [0.4, 0.5) is 5.69 Å². The van der Waals surface area contributed by atoms with E-state index in [1.807, 2.05) is 0 Å². The van der Waals surface area contributed by atoms with Crippen LogP contribution in [0, 0.1) is 10.1 Å². The van der Waals surface area contributed by atoms with E-state index in [0.717, 1.165) is 12.3 Å². The maximum Gasteiger partial charge on any atom is 0.330 e. The summed E-state index contributed by atoms with van der Waals surface area (Å²) in [6.07, 6.45) is 0.869. The molecule has 0 atom stereocenters. The van der Waals surface area contributed by atoms with Crippen LogP contribution < -0.4 is 4.74 Å². The van der Waals surface area contributed by atoms with Crippen LogP contribution in [0.15, 0.2) is 41.3 Å². The van der Waals surface area contributed by atoms with Crippen LogP contribution in [-0.4, -0.2) is 25.4 Å². The summed E-state index contributed by atoms with van der Waals surface area (Å²) in [6.45, 7) is 1.37. The number of Topliss-reactive ketones (excluding diaryl/α,β-unsaturated/α-hetero) is 1. The van der Waals surface area contributed by atoms with Gasteiger partial charge in [0.1, 0.15) is 10.6 Å². The Kier molecular flexibility index (Phi) is 4.91. The Bertz CT molecular complexity index is 939. The molecule has 0 saturated heterocycles. The molecule has 0 aliphatic heterocycles. The van der Waals surface area contributed by atoms with Crippen molar-refractivity contribution in [2.45, 2.75) is 11.8 Å². The average molecular weight is 370 g/mol. The predicted octanol–water partition coefficient (Wildman–Crippen LogP) is 3.65. The highest BCUT2D eigenvalue weighted by atomic mass is 35.5. The molecule has 0 aliphatic rings. The summed E-state index contributed by atoms with van der Waals surface area (Å²) in [6, 6.07) is 7.93. The molecule has 0 N–H and O–H groups in total. The van der Waals surface area contributed by atoms with E-state index in [0.29, 0.717) is 5.56 Å².